The fraction of sp³-hybridized carbons (Fsp3) is 0.429. The van der Waals surface area contributed by atoms with Crippen LogP contribution in [0.15, 0.2) is 24.4 Å². The van der Waals surface area contributed by atoms with Crippen LogP contribution in [0.2, 0.25) is 0 Å². The molecule has 2 aromatic rings. The molecule has 0 bridgehead atoms. The van der Waals surface area contributed by atoms with E-state index in [9.17, 15) is 0 Å². The molecule has 1 aromatic carbocycles. The molecular formula is C14H17N3. The van der Waals surface area contributed by atoms with Crippen LogP contribution >= 0.6 is 0 Å². The summed E-state index contributed by atoms with van der Waals surface area (Å²) in [6.45, 7) is 0.955. The number of piperidine rings is 1. The molecule has 2 aliphatic rings. The van der Waals surface area contributed by atoms with Crippen LogP contribution in [0.5, 0.6) is 0 Å². The van der Waals surface area contributed by atoms with Gasteiger partial charge in [-0.3, -0.25) is 0 Å². The molecule has 2 heterocycles. The van der Waals surface area contributed by atoms with Gasteiger partial charge in [0.05, 0.1) is 0 Å². The van der Waals surface area contributed by atoms with Crippen LogP contribution in [0.4, 0.5) is 0 Å². The smallest absolute Gasteiger partial charge is 0.0459 e. The number of nitrogens with one attached hydrogen (secondary N) is 2. The zero-order chi connectivity index (χ0) is 11.4. The van der Waals surface area contributed by atoms with Crippen molar-refractivity contribution in [3.63, 3.8) is 0 Å². The summed E-state index contributed by atoms with van der Waals surface area (Å²) in [5, 5.41) is 5.05. The Morgan fingerprint density at radius 1 is 1.29 bits per heavy atom. The minimum atomic E-state index is 0.298. The van der Waals surface area contributed by atoms with E-state index in [1.165, 1.54) is 22.0 Å². The molecule has 1 aliphatic heterocycles. The second-order valence-electron chi connectivity index (χ2n) is 5.40. The Labute approximate surface area is 100 Å². The van der Waals surface area contributed by atoms with Crippen molar-refractivity contribution in [3.05, 3.63) is 35.5 Å². The van der Waals surface area contributed by atoms with Gasteiger partial charge in [-0.25, -0.2) is 0 Å². The quantitative estimate of drug-likeness (QED) is 0.639. The molecule has 0 amide bonds. The zero-order valence-corrected chi connectivity index (χ0v) is 9.74. The molecule has 4 rings (SSSR count). The standard InChI is InChI=1S/C14H17N3/c15-9-5-11-10-2-1-3-12-14(10)8(6-16-12)4-13(11)17-7-9/h1-3,6,9,11,13,16-17H,4-5,7,15H2/t9-,11-,13+/m0/s1. The number of rotatable bonds is 0. The van der Waals surface area contributed by atoms with E-state index in [2.05, 4.69) is 34.7 Å². The average Bonchev–Trinajstić information content (AvgIpc) is 2.75. The summed E-state index contributed by atoms with van der Waals surface area (Å²) in [4.78, 5) is 3.38. The lowest BCUT2D eigenvalue weighted by molar-refractivity contribution is 0.316. The first kappa shape index (κ1) is 9.68. The molecule has 3 heteroatoms. The third-order valence-corrected chi connectivity index (χ3v) is 4.34. The lowest BCUT2D eigenvalue weighted by atomic mass is 9.75. The van der Waals surface area contributed by atoms with Crippen LogP contribution in [-0.2, 0) is 6.42 Å². The normalized spacial score (nSPS) is 31.5. The van der Waals surface area contributed by atoms with Crippen molar-refractivity contribution >= 4 is 10.9 Å². The van der Waals surface area contributed by atoms with Crippen molar-refractivity contribution in [2.45, 2.75) is 30.8 Å². The van der Waals surface area contributed by atoms with E-state index in [4.69, 9.17) is 5.73 Å². The monoisotopic (exact) mass is 227 g/mol. The predicted molar refractivity (Wildman–Crippen MR) is 69.1 cm³/mol. The number of hydrogen-bond acceptors (Lipinski definition) is 2. The van der Waals surface area contributed by atoms with Gasteiger partial charge in [-0.2, -0.15) is 0 Å². The van der Waals surface area contributed by atoms with Gasteiger partial charge in [-0.05, 0) is 30.0 Å². The number of aromatic amines is 1. The third-order valence-electron chi connectivity index (χ3n) is 4.34. The highest BCUT2D eigenvalue weighted by atomic mass is 15.0. The third kappa shape index (κ3) is 1.30. The van der Waals surface area contributed by atoms with E-state index in [1.807, 2.05) is 0 Å². The minimum absolute atomic E-state index is 0.298. The molecule has 1 aliphatic carbocycles. The van der Waals surface area contributed by atoms with Crippen LogP contribution in [0.1, 0.15) is 23.5 Å². The largest absolute Gasteiger partial charge is 0.361 e. The van der Waals surface area contributed by atoms with E-state index < -0.39 is 0 Å². The van der Waals surface area contributed by atoms with E-state index in [0.717, 1.165) is 19.4 Å². The van der Waals surface area contributed by atoms with Gasteiger partial charge in [-0.15, -0.1) is 0 Å². The maximum atomic E-state index is 6.09. The van der Waals surface area contributed by atoms with Gasteiger partial charge in [0.2, 0.25) is 0 Å². The van der Waals surface area contributed by atoms with Crippen molar-refractivity contribution in [1.29, 1.82) is 0 Å². The minimum Gasteiger partial charge on any atom is -0.361 e. The first-order valence-corrected chi connectivity index (χ1v) is 6.41. The number of fused-ring (bicyclic) bond motifs is 2. The van der Waals surface area contributed by atoms with Crippen molar-refractivity contribution in [1.82, 2.24) is 10.3 Å². The van der Waals surface area contributed by atoms with Crippen LogP contribution in [0.25, 0.3) is 10.9 Å². The van der Waals surface area contributed by atoms with Gasteiger partial charge < -0.3 is 16.0 Å². The van der Waals surface area contributed by atoms with E-state index >= 15 is 0 Å². The number of aromatic nitrogens is 1. The molecule has 0 unspecified atom stereocenters. The zero-order valence-electron chi connectivity index (χ0n) is 9.74. The Morgan fingerprint density at radius 3 is 3.18 bits per heavy atom. The first-order valence-electron chi connectivity index (χ1n) is 6.41. The molecule has 1 saturated heterocycles. The van der Waals surface area contributed by atoms with Gasteiger partial charge in [0.1, 0.15) is 0 Å². The summed E-state index contributed by atoms with van der Waals surface area (Å²) in [5.41, 5.74) is 10.3. The fourth-order valence-corrected chi connectivity index (χ4v) is 3.57. The Morgan fingerprint density at radius 2 is 2.24 bits per heavy atom. The predicted octanol–water partition coefficient (Wildman–Crippen LogP) is 1.50. The summed E-state index contributed by atoms with van der Waals surface area (Å²) in [5.74, 6) is 0.589. The molecule has 17 heavy (non-hydrogen) atoms. The average molecular weight is 227 g/mol. The van der Waals surface area contributed by atoms with Crippen LogP contribution < -0.4 is 11.1 Å². The Kier molecular flexibility index (Phi) is 1.90. The number of nitrogens with two attached hydrogens (primary N) is 1. The van der Waals surface area contributed by atoms with E-state index in [0.29, 0.717) is 18.0 Å². The summed E-state index contributed by atoms with van der Waals surface area (Å²) >= 11 is 0. The van der Waals surface area contributed by atoms with Gasteiger partial charge in [0, 0.05) is 41.6 Å². The molecule has 3 atom stereocenters. The highest BCUT2D eigenvalue weighted by Crippen LogP contribution is 2.40. The molecular weight excluding hydrogens is 210 g/mol. The van der Waals surface area contributed by atoms with Crippen molar-refractivity contribution < 1.29 is 0 Å². The Bertz CT molecular complexity index is 572. The van der Waals surface area contributed by atoms with E-state index in [-0.39, 0.29) is 0 Å². The number of H-pyrrole nitrogens is 1. The summed E-state index contributed by atoms with van der Waals surface area (Å²) in [6, 6.07) is 7.46. The topological polar surface area (TPSA) is 53.8 Å². The van der Waals surface area contributed by atoms with Crippen molar-refractivity contribution in [2.24, 2.45) is 5.73 Å². The van der Waals surface area contributed by atoms with Gasteiger partial charge >= 0.3 is 0 Å². The van der Waals surface area contributed by atoms with Gasteiger partial charge in [-0.1, -0.05) is 12.1 Å². The first-order chi connectivity index (χ1) is 8.33. The molecule has 1 aromatic heterocycles. The highest BCUT2D eigenvalue weighted by Gasteiger charge is 2.34. The Hall–Kier alpha value is -1.32. The molecule has 4 N–H and O–H groups in total. The molecule has 0 radical (unpaired) electrons. The maximum absolute atomic E-state index is 6.09. The second kappa shape index (κ2) is 3.34. The SMILES string of the molecule is N[C@@H]1CN[C@@H]2Cc3c[nH]c4cccc(c34)[C@@H]2C1. The molecule has 88 valence electrons. The van der Waals surface area contributed by atoms with Gasteiger partial charge in [0.25, 0.3) is 0 Å². The number of benzene rings is 1. The lowest BCUT2D eigenvalue weighted by Gasteiger charge is -2.39. The van der Waals surface area contributed by atoms with Crippen molar-refractivity contribution in [2.75, 3.05) is 6.54 Å². The maximum Gasteiger partial charge on any atom is 0.0459 e. The highest BCUT2D eigenvalue weighted by molar-refractivity contribution is 5.88. The summed E-state index contributed by atoms with van der Waals surface area (Å²) < 4.78 is 0. The second-order valence-corrected chi connectivity index (χ2v) is 5.40. The fourth-order valence-electron chi connectivity index (χ4n) is 3.57. The van der Waals surface area contributed by atoms with E-state index in [1.54, 1.807) is 0 Å². The van der Waals surface area contributed by atoms with Crippen LogP contribution in [-0.4, -0.2) is 23.6 Å². The van der Waals surface area contributed by atoms with Crippen molar-refractivity contribution in [3.8, 4) is 0 Å². The lowest BCUT2D eigenvalue weighted by Crippen LogP contribution is -2.51. The van der Waals surface area contributed by atoms with Gasteiger partial charge in [0.15, 0.2) is 0 Å². The Balaban J connectivity index is 1.92. The number of hydrogen-bond donors (Lipinski definition) is 3. The molecule has 3 nitrogen and oxygen atoms in total. The summed E-state index contributed by atoms with van der Waals surface area (Å²) in [7, 11) is 0. The van der Waals surface area contributed by atoms with Crippen LogP contribution in [0.3, 0.4) is 0 Å². The molecule has 1 fully saturated rings. The molecule has 0 saturated carbocycles. The van der Waals surface area contributed by atoms with Crippen LogP contribution in [0, 0.1) is 0 Å². The molecule has 0 spiro atoms. The summed E-state index contributed by atoms with van der Waals surface area (Å²) in [6.07, 6.45) is 4.41.